The average molecular weight is 394 g/mol. The van der Waals surface area contributed by atoms with Crippen molar-refractivity contribution < 1.29 is 14.1 Å². The second-order valence-electron chi connectivity index (χ2n) is 6.59. The molecule has 0 aliphatic heterocycles. The zero-order valence-electron chi connectivity index (χ0n) is 16.2. The van der Waals surface area contributed by atoms with Crippen molar-refractivity contribution >= 4 is 17.5 Å². The molecule has 0 atom stereocenters. The van der Waals surface area contributed by atoms with Gasteiger partial charge in [-0.05, 0) is 44.0 Å². The van der Waals surface area contributed by atoms with Gasteiger partial charge < -0.3 is 15.8 Å². The lowest BCUT2D eigenvalue weighted by atomic mass is 10.1. The molecule has 0 unspecified atom stereocenters. The van der Waals surface area contributed by atoms with Crippen molar-refractivity contribution in [3.63, 3.8) is 0 Å². The minimum atomic E-state index is -0.205. The van der Waals surface area contributed by atoms with Gasteiger partial charge in [0.15, 0.2) is 12.4 Å². The fourth-order valence-corrected chi connectivity index (χ4v) is 2.91. The van der Waals surface area contributed by atoms with Crippen LogP contribution in [-0.4, -0.2) is 22.5 Å². The first kappa shape index (κ1) is 20.1. The van der Waals surface area contributed by atoms with Crippen molar-refractivity contribution in [2.75, 3.05) is 17.7 Å². The van der Waals surface area contributed by atoms with Crippen molar-refractivity contribution in [1.82, 2.24) is 9.97 Å². The Balaban J connectivity index is 1.45. The Kier molecular flexibility index (Phi) is 6.57. The minimum Gasteiger partial charge on any atom is -0.494 e. The number of aromatic nitrogens is 3. The molecule has 4 N–H and O–H groups in total. The Morgan fingerprint density at radius 2 is 1.93 bits per heavy atom. The van der Waals surface area contributed by atoms with E-state index in [-0.39, 0.29) is 24.0 Å². The van der Waals surface area contributed by atoms with Crippen LogP contribution in [-0.2, 0) is 17.8 Å². The normalized spacial score (nSPS) is 10.5. The highest BCUT2D eigenvalue weighted by molar-refractivity contribution is 5.89. The van der Waals surface area contributed by atoms with Gasteiger partial charge in [-0.25, -0.2) is 4.98 Å². The summed E-state index contributed by atoms with van der Waals surface area (Å²) in [4.78, 5) is 30.6. The fraction of sp³-hybridized carbons (Fsp3) is 0.238. The molecule has 3 rings (SSSR count). The summed E-state index contributed by atoms with van der Waals surface area (Å²) in [6, 6.07) is 12.8. The largest absolute Gasteiger partial charge is 0.494 e. The maximum Gasteiger partial charge on any atom is 0.290 e. The molecule has 0 spiro atoms. The number of ether oxygens (including phenoxy) is 1. The number of H-pyrrole nitrogens is 1. The fourth-order valence-electron chi connectivity index (χ4n) is 2.91. The summed E-state index contributed by atoms with van der Waals surface area (Å²) in [7, 11) is 0. The van der Waals surface area contributed by atoms with Crippen LogP contribution in [0, 0.1) is 6.92 Å². The van der Waals surface area contributed by atoms with Gasteiger partial charge in [0.25, 0.3) is 11.5 Å². The lowest BCUT2D eigenvalue weighted by Crippen LogP contribution is -2.39. The number of nitrogen functional groups attached to an aromatic ring is 1. The summed E-state index contributed by atoms with van der Waals surface area (Å²) >= 11 is 0. The van der Waals surface area contributed by atoms with Gasteiger partial charge in [0, 0.05) is 29.1 Å². The summed E-state index contributed by atoms with van der Waals surface area (Å²) in [5, 5.41) is 2.85. The van der Waals surface area contributed by atoms with Crippen LogP contribution in [0.4, 0.5) is 11.6 Å². The SMILES string of the molecule is Cc1nc(N)[nH]c(=O)c1CCCOc1ccc(NC(=O)C[n+]2ccccc2)cc1. The van der Waals surface area contributed by atoms with Crippen LogP contribution < -0.4 is 25.9 Å². The van der Waals surface area contributed by atoms with Crippen molar-refractivity contribution in [3.8, 4) is 5.75 Å². The first-order valence-electron chi connectivity index (χ1n) is 9.33. The summed E-state index contributed by atoms with van der Waals surface area (Å²) in [5.74, 6) is 0.719. The van der Waals surface area contributed by atoms with Gasteiger partial charge in [-0.1, -0.05) is 6.07 Å². The second-order valence-corrected chi connectivity index (χ2v) is 6.59. The number of benzene rings is 1. The van der Waals surface area contributed by atoms with Gasteiger partial charge >= 0.3 is 0 Å². The van der Waals surface area contributed by atoms with Gasteiger partial charge in [0.05, 0.1) is 6.61 Å². The van der Waals surface area contributed by atoms with Crippen molar-refractivity contribution in [2.24, 2.45) is 0 Å². The molecule has 0 aliphatic carbocycles. The third-order valence-electron chi connectivity index (χ3n) is 4.32. The molecule has 0 fully saturated rings. The van der Waals surface area contributed by atoms with E-state index in [0.717, 1.165) is 0 Å². The molecule has 0 bridgehead atoms. The van der Waals surface area contributed by atoms with Gasteiger partial charge in [0.1, 0.15) is 5.75 Å². The zero-order chi connectivity index (χ0) is 20.6. The van der Waals surface area contributed by atoms with E-state index in [4.69, 9.17) is 10.5 Å². The van der Waals surface area contributed by atoms with Crippen molar-refractivity contribution in [2.45, 2.75) is 26.3 Å². The molecule has 0 radical (unpaired) electrons. The van der Waals surface area contributed by atoms with Gasteiger partial charge in [-0.3, -0.25) is 14.6 Å². The topological polar surface area (TPSA) is 114 Å². The number of rotatable bonds is 8. The third-order valence-corrected chi connectivity index (χ3v) is 4.32. The van der Waals surface area contributed by atoms with Crippen LogP contribution >= 0.6 is 0 Å². The first-order valence-corrected chi connectivity index (χ1v) is 9.33. The van der Waals surface area contributed by atoms with Gasteiger partial charge in [-0.2, -0.15) is 4.57 Å². The first-order chi connectivity index (χ1) is 14.0. The monoisotopic (exact) mass is 394 g/mol. The van der Waals surface area contributed by atoms with Gasteiger partial charge in [0.2, 0.25) is 12.5 Å². The number of hydrogen-bond donors (Lipinski definition) is 3. The molecule has 0 saturated heterocycles. The predicted octanol–water partition coefficient (Wildman–Crippen LogP) is 1.60. The molecule has 3 aromatic rings. The summed E-state index contributed by atoms with van der Waals surface area (Å²) in [5.41, 5.74) is 7.28. The van der Waals surface area contributed by atoms with Crippen LogP contribution in [0.15, 0.2) is 59.7 Å². The standard InChI is InChI=1S/C21H23N5O3/c1-15-18(20(28)25-21(22)23-15)6-5-13-29-17-9-7-16(8-10-17)24-19(27)14-26-11-3-2-4-12-26/h2-4,7-12H,5-6,13-14H2,1H3,(H3-,22,23,24,25,27,28)/p+1. The molecule has 0 saturated carbocycles. The van der Waals surface area contributed by atoms with E-state index in [0.29, 0.717) is 42.1 Å². The highest BCUT2D eigenvalue weighted by Crippen LogP contribution is 2.16. The van der Waals surface area contributed by atoms with Gasteiger partial charge in [-0.15, -0.1) is 0 Å². The lowest BCUT2D eigenvalue weighted by Gasteiger charge is -2.08. The number of carbonyl (C=O) groups is 1. The quantitative estimate of drug-likeness (QED) is 0.397. The molecule has 150 valence electrons. The van der Waals surface area contributed by atoms with E-state index < -0.39 is 0 Å². The minimum absolute atomic E-state index is 0.104. The molecule has 8 nitrogen and oxygen atoms in total. The van der Waals surface area contributed by atoms with E-state index in [1.165, 1.54) is 0 Å². The molecule has 8 heteroatoms. The smallest absolute Gasteiger partial charge is 0.290 e. The predicted molar refractivity (Wildman–Crippen MR) is 110 cm³/mol. The number of carbonyl (C=O) groups excluding carboxylic acids is 1. The van der Waals surface area contributed by atoms with Crippen LogP contribution in [0.3, 0.4) is 0 Å². The number of aromatic amines is 1. The molecule has 1 aromatic carbocycles. The van der Waals surface area contributed by atoms with E-state index in [1.807, 2.05) is 30.6 Å². The summed E-state index contributed by atoms with van der Waals surface area (Å²) in [6.07, 6.45) is 4.90. The van der Waals surface area contributed by atoms with E-state index in [2.05, 4.69) is 15.3 Å². The Labute approximate surface area is 168 Å². The lowest BCUT2D eigenvalue weighted by molar-refractivity contribution is -0.684. The highest BCUT2D eigenvalue weighted by Gasteiger charge is 2.09. The van der Waals surface area contributed by atoms with Crippen molar-refractivity contribution in [1.29, 1.82) is 0 Å². The number of anilines is 2. The third kappa shape index (κ3) is 5.90. The second kappa shape index (κ2) is 9.50. The molecule has 29 heavy (non-hydrogen) atoms. The van der Waals surface area contributed by atoms with Crippen LogP contribution in [0.2, 0.25) is 0 Å². The van der Waals surface area contributed by atoms with Crippen LogP contribution in [0.25, 0.3) is 0 Å². The molecule has 0 aliphatic rings. The van der Waals surface area contributed by atoms with Crippen LogP contribution in [0.1, 0.15) is 17.7 Å². The number of nitrogens with one attached hydrogen (secondary N) is 2. The number of nitrogens with two attached hydrogens (primary N) is 1. The Hall–Kier alpha value is -3.68. The number of amides is 1. The van der Waals surface area contributed by atoms with Crippen LogP contribution in [0.5, 0.6) is 5.75 Å². The van der Waals surface area contributed by atoms with E-state index >= 15 is 0 Å². The molecule has 2 heterocycles. The van der Waals surface area contributed by atoms with E-state index in [1.54, 1.807) is 35.8 Å². The highest BCUT2D eigenvalue weighted by atomic mass is 16.5. The summed E-state index contributed by atoms with van der Waals surface area (Å²) in [6.45, 7) is 2.47. The molecular weight excluding hydrogens is 370 g/mol. The Bertz CT molecular complexity index is 1020. The molecule has 1 amide bonds. The molecular formula is C21H24N5O3+. The summed E-state index contributed by atoms with van der Waals surface area (Å²) < 4.78 is 7.51. The maximum atomic E-state index is 12.1. The van der Waals surface area contributed by atoms with Crippen molar-refractivity contribution in [3.05, 3.63) is 76.5 Å². The molecule has 2 aromatic heterocycles. The Morgan fingerprint density at radius 1 is 1.21 bits per heavy atom. The number of aryl methyl sites for hydroxylation is 1. The number of nitrogens with zero attached hydrogens (tertiary/aromatic N) is 2. The zero-order valence-corrected chi connectivity index (χ0v) is 16.2. The maximum absolute atomic E-state index is 12.1. The Morgan fingerprint density at radius 3 is 2.62 bits per heavy atom. The number of hydrogen-bond acceptors (Lipinski definition) is 5. The number of pyridine rings is 1. The average Bonchev–Trinajstić information content (AvgIpc) is 2.68. The van der Waals surface area contributed by atoms with E-state index in [9.17, 15) is 9.59 Å².